The molecule has 1 saturated heterocycles. The van der Waals surface area contributed by atoms with Crippen LogP contribution in [0, 0.1) is 17.8 Å². The Bertz CT molecular complexity index is 252. The number of aliphatic hydroxyl groups excluding tert-OH is 1. The van der Waals surface area contributed by atoms with E-state index in [1.165, 1.54) is 0 Å². The molecule has 2 fully saturated rings. The number of likely N-dealkylation sites (tertiary alicyclic amines) is 1. The first kappa shape index (κ1) is 10.9. The molecule has 0 aromatic heterocycles. The fourth-order valence-corrected chi connectivity index (χ4v) is 2.50. The van der Waals surface area contributed by atoms with E-state index in [0.717, 1.165) is 32.4 Å². The number of hydrogen-bond acceptors (Lipinski definition) is 2. The lowest BCUT2D eigenvalue weighted by molar-refractivity contribution is -0.135. The Morgan fingerprint density at radius 2 is 2.20 bits per heavy atom. The van der Waals surface area contributed by atoms with Gasteiger partial charge in [0.05, 0.1) is 6.10 Å². The van der Waals surface area contributed by atoms with Gasteiger partial charge in [0.1, 0.15) is 0 Å². The van der Waals surface area contributed by atoms with Crippen molar-refractivity contribution >= 4 is 5.91 Å². The summed E-state index contributed by atoms with van der Waals surface area (Å²) >= 11 is 0. The van der Waals surface area contributed by atoms with Crippen molar-refractivity contribution in [2.24, 2.45) is 17.8 Å². The number of carbonyl (C=O) groups is 1. The van der Waals surface area contributed by atoms with Crippen molar-refractivity contribution in [1.29, 1.82) is 0 Å². The SMILES string of the molecule is CC(O)C1CCCN(C(=O)C2CC2C)C1. The first-order valence-corrected chi connectivity index (χ1v) is 6.06. The fraction of sp³-hybridized carbons (Fsp3) is 0.917. The zero-order chi connectivity index (χ0) is 11.0. The van der Waals surface area contributed by atoms with Crippen molar-refractivity contribution in [2.75, 3.05) is 13.1 Å². The molecule has 15 heavy (non-hydrogen) atoms. The van der Waals surface area contributed by atoms with Crippen molar-refractivity contribution in [3.05, 3.63) is 0 Å². The summed E-state index contributed by atoms with van der Waals surface area (Å²) in [6, 6.07) is 0. The van der Waals surface area contributed by atoms with Crippen LogP contribution >= 0.6 is 0 Å². The lowest BCUT2D eigenvalue weighted by atomic mass is 9.93. The molecule has 1 saturated carbocycles. The summed E-state index contributed by atoms with van der Waals surface area (Å²) in [5, 5.41) is 9.54. The summed E-state index contributed by atoms with van der Waals surface area (Å²) in [5.41, 5.74) is 0. The van der Waals surface area contributed by atoms with E-state index in [9.17, 15) is 9.90 Å². The lowest BCUT2D eigenvalue weighted by Gasteiger charge is -2.34. The fourth-order valence-electron chi connectivity index (χ4n) is 2.50. The van der Waals surface area contributed by atoms with Gasteiger partial charge in [0, 0.05) is 24.9 Å². The molecular weight excluding hydrogens is 190 g/mol. The van der Waals surface area contributed by atoms with Crippen LogP contribution in [0.1, 0.15) is 33.1 Å². The monoisotopic (exact) mass is 211 g/mol. The number of piperidine rings is 1. The highest BCUT2D eigenvalue weighted by Crippen LogP contribution is 2.39. The second-order valence-electron chi connectivity index (χ2n) is 5.25. The van der Waals surface area contributed by atoms with Gasteiger partial charge in [-0.3, -0.25) is 4.79 Å². The van der Waals surface area contributed by atoms with E-state index in [1.54, 1.807) is 0 Å². The Kier molecular flexibility index (Phi) is 3.01. The quantitative estimate of drug-likeness (QED) is 0.747. The second-order valence-corrected chi connectivity index (χ2v) is 5.25. The van der Waals surface area contributed by atoms with Crippen LogP contribution in [0.15, 0.2) is 0 Å². The highest BCUT2D eigenvalue weighted by Gasteiger charge is 2.42. The van der Waals surface area contributed by atoms with Crippen molar-refractivity contribution in [3.8, 4) is 0 Å². The Morgan fingerprint density at radius 3 is 2.73 bits per heavy atom. The third kappa shape index (κ3) is 2.33. The van der Waals surface area contributed by atoms with Gasteiger partial charge in [0.25, 0.3) is 0 Å². The van der Waals surface area contributed by atoms with E-state index in [0.29, 0.717) is 11.8 Å². The predicted octanol–water partition coefficient (Wildman–Crippen LogP) is 1.26. The normalized spacial score (nSPS) is 37.5. The van der Waals surface area contributed by atoms with Gasteiger partial charge in [-0.2, -0.15) is 0 Å². The van der Waals surface area contributed by atoms with Gasteiger partial charge in [0.2, 0.25) is 5.91 Å². The molecule has 4 atom stereocenters. The number of amides is 1. The summed E-state index contributed by atoms with van der Waals surface area (Å²) in [6.45, 7) is 5.63. The van der Waals surface area contributed by atoms with Gasteiger partial charge in [-0.1, -0.05) is 6.92 Å². The molecule has 0 aromatic rings. The van der Waals surface area contributed by atoms with E-state index in [1.807, 2.05) is 11.8 Å². The molecule has 4 unspecified atom stereocenters. The maximum Gasteiger partial charge on any atom is 0.225 e. The Hall–Kier alpha value is -0.570. The third-order valence-electron chi connectivity index (χ3n) is 3.88. The molecule has 2 rings (SSSR count). The standard InChI is InChI=1S/C12H21NO2/c1-8-6-11(8)12(15)13-5-3-4-10(7-13)9(2)14/h8-11,14H,3-7H2,1-2H3. The van der Waals surface area contributed by atoms with Crippen LogP contribution in [-0.4, -0.2) is 35.1 Å². The van der Waals surface area contributed by atoms with Crippen molar-refractivity contribution in [1.82, 2.24) is 4.90 Å². The molecular formula is C12H21NO2. The zero-order valence-corrected chi connectivity index (χ0v) is 9.65. The van der Waals surface area contributed by atoms with Crippen LogP contribution in [-0.2, 0) is 4.79 Å². The van der Waals surface area contributed by atoms with Gasteiger partial charge in [-0.15, -0.1) is 0 Å². The van der Waals surface area contributed by atoms with E-state index in [2.05, 4.69) is 6.92 Å². The molecule has 0 spiro atoms. The Morgan fingerprint density at radius 1 is 1.53 bits per heavy atom. The number of nitrogens with zero attached hydrogens (tertiary/aromatic N) is 1. The van der Waals surface area contributed by atoms with Gasteiger partial charge in [0.15, 0.2) is 0 Å². The largest absolute Gasteiger partial charge is 0.393 e. The highest BCUT2D eigenvalue weighted by molar-refractivity contribution is 5.81. The molecule has 0 radical (unpaired) electrons. The Balaban J connectivity index is 1.89. The minimum atomic E-state index is -0.280. The van der Waals surface area contributed by atoms with E-state index < -0.39 is 0 Å². The summed E-state index contributed by atoms with van der Waals surface area (Å²) in [5.74, 6) is 1.49. The molecule has 1 amide bonds. The van der Waals surface area contributed by atoms with Crippen molar-refractivity contribution < 1.29 is 9.90 Å². The minimum Gasteiger partial charge on any atom is -0.393 e. The number of aliphatic hydroxyl groups is 1. The Labute approximate surface area is 91.5 Å². The molecule has 2 aliphatic rings. The molecule has 0 bridgehead atoms. The third-order valence-corrected chi connectivity index (χ3v) is 3.88. The van der Waals surface area contributed by atoms with Gasteiger partial charge in [-0.05, 0) is 32.1 Å². The van der Waals surface area contributed by atoms with Gasteiger partial charge in [-0.25, -0.2) is 0 Å². The van der Waals surface area contributed by atoms with Crippen LogP contribution in [0.5, 0.6) is 0 Å². The average Bonchev–Trinajstić information content (AvgIpc) is 2.94. The topological polar surface area (TPSA) is 40.5 Å². The van der Waals surface area contributed by atoms with E-state index in [4.69, 9.17) is 0 Å². The van der Waals surface area contributed by atoms with Gasteiger partial charge < -0.3 is 10.0 Å². The molecule has 1 aliphatic carbocycles. The van der Waals surface area contributed by atoms with Crippen LogP contribution in [0.2, 0.25) is 0 Å². The van der Waals surface area contributed by atoms with Crippen LogP contribution in [0.25, 0.3) is 0 Å². The van der Waals surface area contributed by atoms with E-state index >= 15 is 0 Å². The maximum absolute atomic E-state index is 12.0. The summed E-state index contributed by atoms with van der Waals surface area (Å²) in [4.78, 5) is 14.0. The first-order chi connectivity index (χ1) is 7.09. The molecule has 1 heterocycles. The van der Waals surface area contributed by atoms with Crippen molar-refractivity contribution in [2.45, 2.75) is 39.2 Å². The molecule has 0 aromatic carbocycles. The summed E-state index contributed by atoms with van der Waals surface area (Å²) in [7, 11) is 0. The van der Waals surface area contributed by atoms with Gasteiger partial charge >= 0.3 is 0 Å². The minimum absolute atomic E-state index is 0.280. The van der Waals surface area contributed by atoms with Crippen LogP contribution in [0.4, 0.5) is 0 Å². The van der Waals surface area contributed by atoms with Crippen LogP contribution < -0.4 is 0 Å². The predicted molar refractivity (Wildman–Crippen MR) is 58.3 cm³/mol. The summed E-state index contributed by atoms with van der Waals surface area (Å²) < 4.78 is 0. The lowest BCUT2D eigenvalue weighted by Crippen LogP contribution is -2.43. The summed E-state index contributed by atoms with van der Waals surface area (Å²) in [6.07, 6.45) is 2.89. The maximum atomic E-state index is 12.0. The van der Waals surface area contributed by atoms with Crippen molar-refractivity contribution in [3.63, 3.8) is 0 Å². The first-order valence-electron chi connectivity index (χ1n) is 6.06. The molecule has 1 aliphatic heterocycles. The smallest absolute Gasteiger partial charge is 0.225 e. The number of carbonyl (C=O) groups excluding carboxylic acids is 1. The molecule has 86 valence electrons. The second kappa shape index (κ2) is 4.12. The average molecular weight is 211 g/mol. The molecule has 3 heteroatoms. The van der Waals surface area contributed by atoms with E-state index in [-0.39, 0.29) is 17.9 Å². The van der Waals surface area contributed by atoms with Crippen LogP contribution in [0.3, 0.4) is 0 Å². The number of hydrogen-bond donors (Lipinski definition) is 1. The zero-order valence-electron chi connectivity index (χ0n) is 9.65. The molecule has 3 nitrogen and oxygen atoms in total. The molecule has 1 N–H and O–H groups in total. The number of rotatable bonds is 2. The highest BCUT2D eigenvalue weighted by atomic mass is 16.3.